The van der Waals surface area contributed by atoms with Crippen LogP contribution in [0.25, 0.3) is 0 Å². The highest BCUT2D eigenvalue weighted by molar-refractivity contribution is 5.72. The summed E-state index contributed by atoms with van der Waals surface area (Å²) in [5.74, 6) is 0. The maximum Gasteiger partial charge on any atom is 0.314 e. The van der Waals surface area contributed by atoms with Crippen molar-refractivity contribution >= 4 is 6.03 Å². The van der Waals surface area contributed by atoms with Gasteiger partial charge in [-0.2, -0.15) is 0 Å². The van der Waals surface area contributed by atoms with E-state index in [-0.39, 0.29) is 13.1 Å². The molecule has 1 aliphatic rings. The molecule has 2 amide bonds. The average Bonchev–Trinajstić information content (AvgIpc) is 2.13. The van der Waals surface area contributed by atoms with Crippen molar-refractivity contribution in [3.63, 3.8) is 0 Å². The number of carbonyl (C=O) groups is 1. The second-order valence-corrected chi connectivity index (χ2v) is 2.38. The molecule has 0 aromatic carbocycles. The first kappa shape index (κ1) is 7.30. The van der Waals surface area contributed by atoms with Crippen LogP contribution in [0, 0.1) is 0 Å². The Labute approximate surface area is 58.0 Å². The van der Waals surface area contributed by atoms with Gasteiger partial charge in [-0.15, -0.1) is 0 Å². The van der Waals surface area contributed by atoms with Crippen molar-refractivity contribution in [3.8, 4) is 0 Å². The molecule has 0 radical (unpaired) electrons. The van der Waals surface area contributed by atoms with Gasteiger partial charge in [0.05, 0.1) is 25.3 Å². The molecule has 10 heavy (non-hydrogen) atoms. The number of hydrogen-bond acceptors (Lipinski definition) is 3. The summed E-state index contributed by atoms with van der Waals surface area (Å²) in [6.07, 6.45) is -1.68. The Morgan fingerprint density at radius 2 is 1.80 bits per heavy atom. The van der Waals surface area contributed by atoms with Crippen LogP contribution in [0.4, 0.5) is 4.79 Å². The van der Waals surface area contributed by atoms with Crippen LogP contribution in [0.15, 0.2) is 0 Å². The topological polar surface area (TPSA) is 86.8 Å². The zero-order valence-electron chi connectivity index (χ0n) is 5.40. The highest BCUT2D eigenvalue weighted by Crippen LogP contribution is 2.08. The fraction of sp³-hybridized carbons (Fsp3) is 0.800. The lowest BCUT2D eigenvalue weighted by Crippen LogP contribution is -2.34. The molecule has 1 saturated heterocycles. The predicted octanol–water partition coefficient (Wildman–Crippen LogP) is -1.90. The van der Waals surface area contributed by atoms with Crippen molar-refractivity contribution in [3.05, 3.63) is 0 Å². The fourth-order valence-electron chi connectivity index (χ4n) is 0.949. The molecule has 2 unspecified atom stereocenters. The molecule has 0 bridgehead atoms. The summed E-state index contributed by atoms with van der Waals surface area (Å²) in [6, 6.07) is -0.601. The lowest BCUT2D eigenvalue weighted by Gasteiger charge is -2.09. The molecule has 5 nitrogen and oxygen atoms in total. The Hall–Kier alpha value is -0.810. The van der Waals surface area contributed by atoms with Gasteiger partial charge in [0.15, 0.2) is 0 Å². The number of aliphatic hydroxyl groups excluding tert-OH is 2. The SMILES string of the molecule is NC(=O)N1CC(O)C(O)C1. The Balaban J connectivity index is 2.49. The summed E-state index contributed by atoms with van der Waals surface area (Å²) in [6.45, 7) is 0.271. The van der Waals surface area contributed by atoms with Crippen LogP contribution in [0.1, 0.15) is 0 Å². The minimum absolute atomic E-state index is 0.135. The molecule has 0 aromatic heterocycles. The van der Waals surface area contributed by atoms with Crippen LogP contribution in [-0.4, -0.2) is 46.4 Å². The van der Waals surface area contributed by atoms with Crippen molar-refractivity contribution in [2.24, 2.45) is 5.73 Å². The van der Waals surface area contributed by atoms with E-state index >= 15 is 0 Å². The van der Waals surface area contributed by atoms with Crippen molar-refractivity contribution < 1.29 is 15.0 Å². The number of rotatable bonds is 0. The van der Waals surface area contributed by atoms with Crippen LogP contribution in [0.3, 0.4) is 0 Å². The monoisotopic (exact) mass is 146 g/mol. The van der Waals surface area contributed by atoms with E-state index in [0.29, 0.717) is 0 Å². The Morgan fingerprint density at radius 1 is 1.40 bits per heavy atom. The average molecular weight is 146 g/mol. The van der Waals surface area contributed by atoms with Gasteiger partial charge in [0, 0.05) is 0 Å². The molecular formula is C5H10N2O3. The number of aliphatic hydroxyl groups is 2. The molecule has 0 saturated carbocycles. The summed E-state index contributed by atoms with van der Waals surface area (Å²) in [7, 11) is 0. The minimum Gasteiger partial charge on any atom is -0.388 e. The summed E-state index contributed by atoms with van der Waals surface area (Å²) in [5, 5.41) is 17.8. The smallest absolute Gasteiger partial charge is 0.314 e. The molecule has 2 atom stereocenters. The Bertz CT molecular complexity index is 140. The highest BCUT2D eigenvalue weighted by atomic mass is 16.3. The Kier molecular flexibility index (Phi) is 1.78. The number of nitrogens with zero attached hydrogens (tertiary/aromatic N) is 1. The van der Waals surface area contributed by atoms with E-state index in [4.69, 9.17) is 15.9 Å². The van der Waals surface area contributed by atoms with Crippen LogP contribution >= 0.6 is 0 Å². The van der Waals surface area contributed by atoms with Crippen molar-refractivity contribution in [1.82, 2.24) is 4.90 Å². The molecule has 4 N–H and O–H groups in total. The van der Waals surface area contributed by atoms with Gasteiger partial charge in [-0.25, -0.2) is 4.79 Å². The van der Waals surface area contributed by atoms with Crippen LogP contribution in [-0.2, 0) is 0 Å². The number of carbonyl (C=O) groups excluding carboxylic acids is 1. The van der Waals surface area contributed by atoms with Crippen LogP contribution < -0.4 is 5.73 Å². The summed E-state index contributed by atoms with van der Waals surface area (Å²) >= 11 is 0. The van der Waals surface area contributed by atoms with Crippen LogP contribution in [0.5, 0.6) is 0 Å². The zero-order chi connectivity index (χ0) is 7.72. The molecule has 1 fully saturated rings. The molecule has 58 valence electrons. The molecular weight excluding hydrogens is 136 g/mol. The predicted molar refractivity (Wildman–Crippen MR) is 33.2 cm³/mol. The van der Waals surface area contributed by atoms with E-state index in [0.717, 1.165) is 0 Å². The van der Waals surface area contributed by atoms with E-state index in [1.165, 1.54) is 4.90 Å². The third-order valence-electron chi connectivity index (χ3n) is 1.57. The first-order valence-electron chi connectivity index (χ1n) is 3.02. The van der Waals surface area contributed by atoms with E-state index in [1.54, 1.807) is 0 Å². The van der Waals surface area contributed by atoms with Gasteiger partial charge in [0.1, 0.15) is 0 Å². The van der Waals surface area contributed by atoms with Gasteiger partial charge < -0.3 is 20.8 Å². The second-order valence-electron chi connectivity index (χ2n) is 2.38. The van der Waals surface area contributed by atoms with Gasteiger partial charge >= 0.3 is 6.03 Å². The summed E-state index contributed by atoms with van der Waals surface area (Å²) in [4.78, 5) is 11.6. The normalized spacial score (nSPS) is 32.8. The number of amides is 2. The highest BCUT2D eigenvalue weighted by Gasteiger charge is 2.31. The lowest BCUT2D eigenvalue weighted by molar-refractivity contribution is 0.0572. The molecule has 0 aliphatic carbocycles. The number of β-amino-alcohol motifs (C(OH)–C–C–N with tert-alkyl or cyclic N) is 2. The number of likely N-dealkylation sites (tertiary alicyclic amines) is 1. The maximum atomic E-state index is 10.4. The van der Waals surface area contributed by atoms with E-state index in [2.05, 4.69) is 0 Å². The standard InChI is InChI=1S/C5H10N2O3/c6-5(10)7-1-3(8)4(9)2-7/h3-4,8-9H,1-2H2,(H2,6,10). The zero-order valence-corrected chi connectivity index (χ0v) is 5.40. The number of hydrogen-bond donors (Lipinski definition) is 3. The number of urea groups is 1. The molecule has 1 heterocycles. The van der Waals surface area contributed by atoms with E-state index in [1.807, 2.05) is 0 Å². The lowest BCUT2D eigenvalue weighted by atomic mass is 10.3. The largest absolute Gasteiger partial charge is 0.388 e. The van der Waals surface area contributed by atoms with Gasteiger partial charge in [0.2, 0.25) is 0 Å². The van der Waals surface area contributed by atoms with Gasteiger partial charge in [-0.05, 0) is 0 Å². The first-order valence-corrected chi connectivity index (χ1v) is 3.02. The van der Waals surface area contributed by atoms with Gasteiger partial charge in [-0.3, -0.25) is 0 Å². The molecule has 0 aromatic rings. The van der Waals surface area contributed by atoms with Crippen LogP contribution in [0.2, 0.25) is 0 Å². The fourth-order valence-corrected chi connectivity index (χ4v) is 0.949. The third-order valence-corrected chi connectivity index (χ3v) is 1.57. The third kappa shape index (κ3) is 1.19. The Morgan fingerprint density at radius 3 is 2.00 bits per heavy atom. The van der Waals surface area contributed by atoms with Crippen molar-refractivity contribution in [1.29, 1.82) is 0 Å². The van der Waals surface area contributed by atoms with E-state index < -0.39 is 18.2 Å². The van der Waals surface area contributed by atoms with Crippen molar-refractivity contribution in [2.75, 3.05) is 13.1 Å². The maximum absolute atomic E-state index is 10.4. The molecule has 1 aliphatic heterocycles. The van der Waals surface area contributed by atoms with Gasteiger partial charge in [-0.1, -0.05) is 0 Å². The van der Waals surface area contributed by atoms with Gasteiger partial charge in [0.25, 0.3) is 0 Å². The quantitative estimate of drug-likeness (QED) is 0.373. The summed E-state index contributed by atoms with van der Waals surface area (Å²) < 4.78 is 0. The first-order chi connectivity index (χ1) is 4.61. The molecule has 0 spiro atoms. The van der Waals surface area contributed by atoms with E-state index in [9.17, 15) is 4.79 Å². The molecule has 1 rings (SSSR count). The second kappa shape index (κ2) is 2.43. The minimum atomic E-state index is -0.840. The number of nitrogens with two attached hydrogens (primary N) is 1. The summed E-state index contributed by atoms with van der Waals surface area (Å²) in [5.41, 5.74) is 4.89. The molecule has 5 heteroatoms. The van der Waals surface area contributed by atoms with Crippen molar-refractivity contribution in [2.45, 2.75) is 12.2 Å². The number of primary amides is 1.